The molecule has 0 amide bonds. The summed E-state index contributed by atoms with van der Waals surface area (Å²) in [6, 6.07) is 7.21. The van der Waals surface area contributed by atoms with Crippen LogP contribution in [0.4, 0.5) is 13.2 Å². The molecule has 1 aliphatic heterocycles. The Kier molecular flexibility index (Phi) is 3.89. The molecule has 2 heterocycles. The molecule has 4 nitrogen and oxygen atoms in total. The van der Waals surface area contributed by atoms with E-state index in [0.717, 1.165) is 0 Å². The summed E-state index contributed by atoms with van der Waals surface area (Å²) < 4.78 is 42.3. The van der Waals surface area contributed by atoms with Crippen molar-refractivity contribution in [3.05, 3.63) is 64.1 Å². The predicted octanol–water partition coefficient (Wildman–Crippen LogP) is 2.67. The van der Waals surface area contributed by atoms with E-state index >= 15 is 0 Å². The topological polar surface area (TPSA) is 45.5 Å². The van der Waals surface area contributed by atoms with Gasteiger partial charge in [-0.05, 0) is 5.56 Å². The first-order valence-corrected chi connectivity index (χ1v) is 7.14. The lowest BCUT2D eigenvalue weighted by Gasteiger charge is -2.37. The Labute approximate surface area is 130 Å². The molecule has 0 radical (unpaired) electrons. The quantitative estimate of drug-likeness (QED) is 0.924. The van der Waals surface area contributed by atoms with Crippen molar-refractivity contribution in [3.63, 3.8) is 0 Å². The van der Waals surface area contributed by atoms with Crippen molar-refractivity contribution in [2.75, 3.05) is 6.54 Å². The van der Waals surface area contributed by atoms with E-state index in [0.29, 0.717) is 5.69 Å². The van der Waals surface area contributed by atoms with Gasteiger partial charge >= 0.3 is 6.18 Å². The number of nitrogens with zero attached hydrogens (tertiary/aromatic N) is 2. The average molecular weight is 324 g/mol. The predicted molar refractivity (Wildman–Crippen MR) is 78.0 cm³/mol. The molecule has 1 atom stereocenters. The van der Waals surface area contributed by atoms with E-state index in [1.807, 2.05) is 0 Å². The maximum absolute atomic E-state index is 13.6. The highest BCUT2D eigenvalue weighted by Crippen LogP contribution is 2.39. The zero-order valence-electron chi connectivity index (χ0n) is 12.1. The van der Waals surface area contributed by atoms with Gasteiger partial charge in [-0.3, -0.25) is 9.69 Å². The number of halogens is 3. The molecule has 7 heteroatoms. The van der Waals surface area contributed by atoms with Gasteiger partial charge in [-0.1, -0.05) is 30.3 Å². The van der Waals surface area contributed by atoms with Crippen molar-refractivity contribution in [2.45, 2.75) is 25.3 Å². The number of aromatic nitrogens is 1. The first-order valence-electron chi connectivity index (χ1n) is 7.14. The molecule has 3 rings (SSSR count). The van der Waals surface area contributed by atoms with Crippen LogP contribution in [0.3, 0.4) is 0 Å². The number of benzene rings is 1. The van der Waals surface area contributed by atoms with Gasteiger partial charge in [0.25, 0.3) is 0 Å². The Balaban J connectivity index is 1.96. The second-order valence-corrected chi connectivity index (χ2v) is 5.53. The van der Waals surface area contributed by atoms with Gasteiger partial charge in [0.05, 0.1) is 6.20 Å². The molecule has 1 aliphatic rings. The van der Waals surface area contributed by atoms with Crippen LogP contribution in [0.1, 0.15) is 17.3 Å². The zero-order valence-corrected chi connectivity index (χ0v) is 12.1. The van der Waals surface area contributed by atoms with Gasteiger partial charge < -0.3 is 9.67 Å². The van der Waals surface area contributed by atoms with E-state index in [1.54, 1.807) is 22.8 Å². The van der Waals surface area contributed by atoms with Gasteiger partial charge in [-0.25, -0.2) is 0 Å². The van der Waals surface area contributed by atoms with Gasteiger partial charge in [0.1, 0.15) is 6.04 Å². The molecular weight excluding hydrogens is 309 g/mol. The van der Waals surface area contributed by atoms with E-state index < -0.39 is 23.4 Å². The number of aromatic hydroxyl groups is 1. The minimum absolute atomic E-state index is 0.00537. The Morgan fingerprint density at radius 3 is 2.48 bits per heavy atom. The minimum Gasteiger partial charge on any atom is -0.503 e. The summed E-state index contributed by atoms with van der Waals surface area (Å²) in [6.07, 6.45) is -3.14. The normalized spacial score (nSPS) is 16.8. The number of hydrogen-bond acceptors (Lipinski definition) is 3. The van der Waals surface area contributed by atoms with Gasteiger partial charge in [0, 0.05) is 31.4 Å². The monoisotopic (exact) mass is 324 g/mol. The van der Waals surface area contributed by atoms with Crippen LogP contribution in [0.15, 0.2) is 47.4 Å². The van der Waals surface area contributed by atoms with Gasteiger partial charge in [0.2, 0.25) is 5.43 Å². The van der Waals surface area contributed by atoms with Crippen LogP contribution in [0, 0.1) is 0 Å². The van der Waals surface area contributed by atoms with Crippen molar-refractivity contribution in [1.82, 2.24) is 9.47 Å². The van der Waals surface area contributed by atoms with E-state index in [-0.39, 0.29) is 25.2 Å². The Hall–Kier alpha value is -2.28. The van der Waals surface area contributed by atoms with Crippen molar-refractivity contribution in [1.29, 1.82) is 0 Å². The average Bonchev–Trinajstić information content (AvgIpc) is 2.48. The molecule has 0 saturated heterocycles. The summed E-state index contributed by atoms with van der Waals surface area (Å²) in [6.45, 7) is 0.450. The van der Waals surface area contributed by atoms with Crippen LogP contribution in [-0.4, -0.2) is 27.3 Å². The lowest BCUT2D eigenvalue weighted by atomic mass is 10.0. The van der Waals surface area contributed by atoms with Crippen LogP contribution in [0.25, 0.3) is 0 Å². The molecule has 1 N–H and O–H groups in total. The molecule has 0 fully saturated rings. The highest BCUT2D eigenvalue weighted by atomic mass is 19.4. The third kappa shape index (κ3) is 3.10. The number of rotatable bonds is 2. The molecule has 0 saturated carbocycles. The fraction of sp³-hybridized carbons (Fsp3) is 0.312. The van der Waals surface area contributed by atoms with Crippen LogP contribution in [-0.2, 0) is 13.1 Å². The molecule has 1 aromatic heterocycles. The highest BCUT2D eigenvalue weighted by molar-refractivity contribution is 5.24. The van der Waals surface area contributed by atoms with Crippen molar-refractivity contribution in [3.8, 4) is 5.75 Å². The summed E-state index contributed by atoms with van der Waals surface area (Å²) in [5.41, 5.74) is 0.0557. The first kappa shape index (κ1) is 15.6. The van der Waals surface area contributed by atoms with Gasteiger partial charge in [0.15, 0.2) is 5.75 Å². The molecule has 122 valence electrons. The number of alkyl halides is 3. The van der Waals surface area contributed by atoms with Crippen LogP contribution in [0.2, 0.25) is 0 Å². The Bertz CT molecular complexity index is 756. The van der Waals surface area contributed by atoms with E-state index in [4.69, 9.17) is 0 Å². The fourth-order valence-electron chi connectivity index (χ4n) is 2.93. The Morgan fingerprint density at radius 2 is 1.83 bits per heavy atom. The molecule has 23 heavy (non-hydrogen) atoms. The van der Waals surface area contributed by atoms with Crippen LogP contribution in [0.5, 0.6) is 5.75 Å². The molecule has 2 aromatic rings. The third-order valence-electron chi connectivity index (χ3n) is 3.98. The maximum atomic E-state index is 13.6. The second kappa shape index (κ2) is 5.73. The van der Waals surface area contributed by atoms with E-state index in [9.17, 15) is 23.1 Å². The molecule has 1 unspecified atom stereocenters. The summed E-state index contributed by atoms with van der Waals surface area (Å²) in [5, 5.41) is 9.43. The van der Waals surface area contributed by atoms with E-state index in [1.165, 1.54) is 29.3 Å². The summed E-state index contributed by atoms with van der Waals surface area (Å²) >= 11 is 0. The molecule has 1 aromatic carbocycles. The molecule has 0 spiro atoms. The lowest BCUT2D eigenvalue weighted by molar-refractivity contribution is -0.190. The summed E-state index contributed by atoms with van der Waals surface area (Å²) in [7, 11) is 0. The fourth-order valence-corrected chi connectivity index (χ4v) is 2.93. The lowest BCUT2D eigenvalue weighted by Crippen LogP contribution is -2.43. The largest absolute Gasteiger partial charge is 0.503 e. The molecule has 0 bridgehead atoms. The van der Waals surface area contributed by atoms with E-state index in [2.05, 4.69) is 0 Å². The van der Waals surface area contributed by atoms with Gasteiger partial charge in [-0.15, -0.1) is 0 Å². The number of fused-ring (bicyclic) bond motifs is 1. The van der Waals surface area contributed by atoms with Crippen LogP contribution < -0.4 is 5.43 Å². The standard InChI is InChI=1S/C16H15F3N2O2/c17-16(18,19)15(11-4-2-1-3-5-11)21-7-6-20-10-14(23)13(22)8-12(20)9-21/h1-5,8,10,15,23H,6-7,9H2. The SMILES string of the molecule is O=c1cc2n(cc1O)CCN(C(c1ccccc1)C(F)(F)F)C2. The summed E-state index contributed by atoms with van der Waals surface area (Å²) in [4.78, 5) is 12.8. The third-order valence-corrected chi connectivity index (χ3v) is 3.98. The number of hydrogen-bond donors (Lipinski definition) is 1. The first-order chi connectivity index (χ1) is 10.9. The van der Waals surface area contributed by atoms with Crippen LogP contribution >= 0.6 is 0 Å². The minimum atomic E-state index is -4.42. The van der Waals surface area contributed by atoms with Crippen molar-refractivity contribution >= 4 is 0 Å². The highest BCUT2D eigenvalue weighted by Gasteiger charge is 2.45. The summed E-state index contributed by atoms with van der Waals surface area (Å²) in [5.74, 6) is -0.391. The molecule has 0 aliphatic carbocycles. The van der Waals surface area contributed by atoms with Crippen molar-refractivity contribution < 1.29 is 18.3 Å². The van der Waals surface area contributed by atoms with Crippen molar-refractivity contribution in [2.24, 2.45) is 0 Å². The smallest absolute Gasteiger partial charge is 0.408 e. The van der Waals surface area contributed by atoms with Gasteiger partial charge in [-0.2, -0.15) is 13.2 Å². The molecular formula is C16H15F3N2O2. The Morgan fingerprint density at radius 1 is 1.13 bits per heavy atom. The zero-order chi connectivity index (χ0) is 16.6. The number of pyridine rings is 1. The second-order valence-electron chi connectivity index (χ2n) is 5.53. The maximum Gasteiger partial charge on any atom is 0.408 e.